The topological polar surface area (TPSA) is 94.2 Å². The van der Waals surface area contributed by atoms with E-state index in [2.05, 4.69) is 20.1 Å². The van der Waals surface area contributed by atoms with Crippen molar-refractivity contribution in [2.45, 2.75) is 31.9 Å². The fourth-order valence-corrected chi connectivity index (χ4v) is 2.49. The van der Waals surface area contributed by atoms with E-state index in [-0.39, 0.29) is 24.0 Å². The van der Waals surface area contributed by atoms with Crippen molar-refractivity contribution in [1.29, 1.82) is 0 Å². The van der Waals surface area contributed by atoms with Crippen molar-refractivity contribution >= 4 is 5.91 Å². The lowest BCUT2D eigenvalue weighted by Gasteiger charge is -2.20. The first-order valence-electron chi connectivity index (χ1n) is 7.18. The summed E-state index contributed by atoms with van der Waals surface area (Å²) >= 11 is 0. The number of carbonyl (C=O) groups excluding carboxylic acids is 1. The summed E-state index contributed by atoms with van der Waals surface area (Å²) in [5, 5.41) is 3.65. The fraction of sp³-hybridized carbons (Fsp3) is 0.500. The molecule has 24 heavy (non-hydrogen) atoms. The largest absolute Gasteiger partial charge is 0.377 e. The van der Waals surface area contributed by atoms with Crippen LogP contribution in [0.2, 0.25) is 0 Å². The normalized spacial score (nSPS) is 19.7. The number of rotatable bonds is 4. The van der Waals surface area contributed by atoms with Crippen LogP contribution in [0, 0.1) is 6.92 Å². The molecule has 3 heterocycles. The molecule has 1 fully saturated rings. The summed E-state index contributed by atoms with van der Waals surface area (Å²) in [7, 11) is 1.45. The highest BCUT2D eigenvalue weighted by molar-refractivity contribution is 5.92. The molecule has 128 valence electrons. The number of hydrogen-bond acceptors (Lipinski definition) is 7. The molecule has 3 rings (SSSR count). The summed E-state index contributed by atoms with van der Waals surface area (Å²) in [5.74, 6) is -3.53. The zero-order valence-electron chi connectivity index (χ0n) is 13.1. The van der Waals surface area contributed by atoms with Gasteiger partial charge >= 0.3 is 0 Å². The van der Waals surface area contributed by atoms with E-state index >= 15 is 0 Å². The Kier molecular flexibility index (Phi) is 4.22. The summed E-state index contributed by atoms with van der Waals surface area (Å²) in [6.07, 6.45) is 2.07. The van der Waals surface area contributed by atoms with Gasteiger partial charge < -0.3 is 14.2 Å². The zero-order chi connectivity index (χ0) is 17.3. The van der Waals surface area contributed by atoms with Crippen LogP contribution in [0.15, 0.2) is 16.9 Å². The zero-order valence-corrected chi connectivity index (χ0v) is 13.1. The Hall–Kier alpha value is -2.49. The molecule has 0 saturated carbocycles. The Labute approximate surface area is 135 Å². The molecule has 0 radical (unpaired) electrons. The number of aryl methyl sites for hydroxylation is 1. The Balaban J connectivity index is 1.88. The van der Waals surface area contributed by atoms with Crippen LogP contribution in [0.3, 0.4) is 0 Å². The first-order valence-corrected chi connectivity index (χ1v) is 7.18. The molecule has 0 aromatic carbocycles. The molecule has 2 aromatic heterocycles. The summed E-state index contributed by atoms with van der Waals surface area (Å²) < 4.78 is 37.7. The predicted molar refractivity (Wildman–Crippen MR) is 75.1 cm³/mol. The smallest absolute Gasteiger partial charge is 0.274 e. The first-order chi connectivity index (χ1) is 11.4. The molecule has 2 aromatic rings. The number of nitrogens with zero attached hydrogens (tertiary/aromatic N) is 5. The number of amides is 1. The number of ether oxygens (including phenoxy) is 1. The van der Waals surface area contributed by atoms with Gasteiger partial charge in [-0.15, -0.1) is 0 Å². The van der Waals surface area contributed by atoms with Gasteiger partial charge in [-0.1, -0.05) is 5.16 Å². The van der Waals surface area contributed by atoms with Crippen molar-refractivity contribution in [2.75, 3.05) is 13.7 Å². The Morgan fingerprint density at radius 3 is 2.92 bits per heavy atom. The average Bonchev–Trinajstić information content (AvgIpc) is 3.11. The van der Waals surface area contributed by atoms with E-state index in [9.17, 15) is 13.6 Å². The second-order valence-corrected chi connectivity index (χ2v) is 5.53. The highest BCUT2D eigenvalue weighted by Gasteiger charge is 2.50. The van der Waals surface area contributed by atoms with E-state index in [1.165, 1.54) is 19.5 Å². The maximum absolute atomic E-state index is 13.9. The minimum Gasteiger partial charge on any atom is -0.377 e. The van der Waals surface area contributed by atoms with Crippen molar-refractivity contribution in [2.24, 2.45) is 0 Å². The minimum absolute atomic E-state index is 0.0140. The number of hydrogen-bond donors (Lipinski definition) is 0. The second kappa shape index (κ2) is 6.19. The Bertz CT molecular complexity index is 734. The molecule has 1 atom stereocenters. The van der Waals surface area contributed by atoms with Crippen molar-refractivity contribution in [3.8, 4) is 0 Å². The summed E-state index contributed by atoms with van der Waals surface area (Å²) in [4.78, 5) is 25.5. The standard InChI is InChI=1S/C14H15F2N5O3/c1-8-4-18-9(5-17-8)13(22)21-7-14(15,16)3-10(21)12-19-11(6-23-2)20-24-12/h4-5,10H,3,6-7H2,1-2H3. The van der Waals surface area contributed by atoms with Crippen molar-refractivity contribution in [1.82, 2.24) is 25.0 Å². The molecule has 0 spiro atoms. The number of aromatic nitrogens is 4. The van der Waals surface area contributed by atoms with Gasteiger partial charge in [0, 0.05) is 19.7 Å². The second-order valence-electron chi connectivity index (χ2n) is 5.53. The number of methoxy groups -OCH3 is 1. The van der Waals surface area contributed by atoms with Gasteiger partial charge in [0.15, 0.2) is 5.82 Å². The molecule has 1 aliphatic rings. The van der Waals surface area contributed by atoms with E-state index in [1.54, 1.807) is 6.92 Å². The summed E-state index contributed by atoms with van der Waals surface area (Å²) in [6.45, 7) is 1.06. The van der Waals surface area contributed by atoms with E-state index in [0.29, 0.717) is 5.69 Å². The molecule has 8 nitrogen and oxygen atoms in total. The van der Waals surface area contributed by atoms with Crippen LogP contribution >= 0.6 is 0 Å². The molecular weight excluding hydrogens is 324 g/mol. The SMILES string of the molecule is COCc1noc(C2CC(F)(F)CN2C(=O)c2cnc(C)cn2)n1. The molecular formula is C14H15F2N5O3. The highest BCUT2D eigenvalue weighted by Crippen LogP contribution is 2.41. The lowest BCUT2D eigenvalue weighted by molar-refractivity contribution is 0.0116. The predicted octanol–water partition coefficient (Wildman–Crippen LogP) is 1.54. The maximum Gasteiger partial charge on any atom is 0.274 e. The maximum atomic E-state index is 13.9. The lowest BCUT2D eigenvalue weighted by Crippen LogP contribution is -2.33. The van der Waals surface area contributed by atoms with Gasteiger partial charge in [-0.3, -0.25) is 9.78 Å². The fourth-order valence-electron chi connectivity index (χ4n) is 2.49. The number of alkyl halides is 2. The van der Waals surface area contributed by atoms with Crippen LogP contribution in [0.5, 0.6) is 0 Å². The van der Waals surface area contributed by atoms with Crippen LogP contribution in [0.25, 0.3) is 0 Å². The third-order valence-corrected chi connectivity index (χ3v) is 3.57. The number of likely N-dealkylation sites (tertiary alicyclic amines) is 1. The monoisotopic (exact) mass is 339 g/mol. The van der Waals surface area contributed by atoms with Gasteiger partial charge in [-0.2, -0.15) is 4.98 Å². The van der Waals surface area contributed by atoms with Crippen LogP contribution in [0.4, 0.5) is 8.78 Å². The molecule has 1 saturated heterocycles. The van der Waals surface area contributed by atoms with Gasteiger partial charge in [0.25, 0.3) is 11.8 Å². The van der Waals surface area contributed by atoms with Crippen molar-refractivity contribution in [3.05, 3.63) is 35.5 Å². The van der Waals surface area contributed by atoms with Gasteiger partial charge in [0.1, 0.15) is 18.3 Å². The van der Waals surface area contributed by atoms with Crippen LogP contribution in [0.1, 0.15) is 40.4 Å². The van der Waals surface area contributed by atoms with Crippen LogP contribution in [-0.4, -0.2) is 50.5 Å². The van der Waals surface area contributed by atoms with Crippen molar-refractivity contribution < 1.29 is 22.8 Å². The molecule has 0 aliphatic carbocycles. The lowest BCUT2D eigenvalue weighted by atomic mass is 10.2. The third-order valence-electron chi connectivity index (χ3n) is 3.57. The molecule has 0 N–H and O–H groups in total. The van der Waals surface area contributed by atoms with Crippen LogP contribution < -0.4 is 0 Å². The van der Waals surface area contributed by atoms with Crippen LogP contribution in [-0.2, 0) is 11.3 Å². The first kappa shape index (κ1) is 16.4. The quantitative estimate of drug-likeness (QED) is 0.834. The van der Waals surface area contributed by atoms with Gasteiger partial charge in [0.2, 0.25) is 5.89 Å². The van der Waals surface area contributed by atoms with Gasteiger partial charge in [-0.25, -0.2) is 13.8 Å². The van der Waals surface area contributed by atoms with Crippen molar-refractivity contribution in [3.63, 3.8) is 0 Å². The Morgan fingerprint density at radius 1 is 1.46 bits per heavy atom. The third kappa shape index (κ3) is 3.23. The molecule has 0 bridgehead atoms. The van der Waals surface area contributed by atoms with Gasteiger partial charge in [0.05, 0.1) is 18.4 Å². The Morgan fingerprint density at radius 2 is 2.25 bits per heavy atom. The molecule has 1 aliphatic heterocycles. The minimum atomic E-state index is -3.05. The number of carbonyl (C=O) groups is 1. The highest BCUT2D eigenvalue weighted by atomic mass is 19.3. The molecule has 10 heteroatoms. The summed E-state index contributed by atoms with van der Waals surface area (Å²) in [5.41, 5.74) is 0.607. The molecule has 1 unspecified atom stereocenters. The van der Waals surface area contributed by atoms with E-state index in [0.717, 1.165) is 4.90 Å². The average molecular weight is 339 g/mol. The van der Waals surface area contributed by atoms with Gasteiger partial charge in [-0.05, 0) is 6.92 Å². The molecule has 1 amide bonds. The van der Waals surface area contributed by atoms with E-state index in [1.807, 2.05) is 0 Å². The van der Waals surface area contributed by atoms with E-state index in [4.69, 9.17) is 9.26 Å². The van der Waals surface area contributed by atoms with E-state index < -0.39 is 30.8 Å². The summed E-state index contributed by atoms with van der Waals surface area (Å²) in [6, 6.07) is -1.02. The number of halogens is 2.